The van der Waals surface area contributed by atoms with Gasteiger partial charge in [0.05, 0.1) is 0 Å². The zero-order chi connectivity index (χ0) is 13.8. The molecule has 0 aliphatic rings. The first-order chi connectivity index (χ1) is 9.08. The second-order valence-electron chi connectivity index (χ2n) is 5.05. The zero-order valence-corrected chi connectivity index (χ0v) is 11.9. The molecule has 3 heteroatoms. The molecule has 19 heavy (non-hydrogen) atoms. The molecule has 2 aromatic rings. The van der Waals surface area contributed by atoms with Gasteiger partial charge in [0.15, 0.2) is 0 Å². The number of benzene rings is 1. The van der Waals surface area contributed by atoms with Crippen molar-refractivity contribution in [1.29, 1.82) is 0 Å². The molecule has 0 spiro atoms. The first kappa shape index (κ1) is 13.7. The minimum absolute atomic E-state index is 0.625. The average Bonchev–Trinajstić information content (AvgIpc) is 2.33. The Labute approximate surface area is 114 Å². The van der Waals surface area contributed by atoms with Crippen LogP contribution in [0.25, 0.3) is 0 Å². The van der Waals surface area contributed by atoms with Crippen LogP contribution in [0.15, 0.2) is 24.3 Å². The molecule has 0 radical (unpaired) electrons. The van der Waals surface area contributed by atoms with E-state index in [9.17, 15) is 0 Å². The Kier molecular flexibility index (Phi) is 4.27. The van der Waals surface area contributed by atoms with Gasteiger partial charge in [-0.05, 0) is 50.1 Å². The molecule has 2 N–H and O–H groups in total. The van der Waals surface area contributed by atoms with Crippen LogP contribution in [0, 0.1) is 20.8 Å². The average molecular weight is 255 g/mol. The number of aromatic nitrogens is 2. The number of hydrogen-bond donors (Lipinski definition) is 1. The maximum Gasteiger partial charge on any atom is 0.133 e. The van der Waals surface area contributed by atoms with E-state index in [2.05, 4.69) is 42.0 Å². The van der Waals surface area contributed by atoms with E-state index in [-0.39, 0.29) is 0 Å². The summed E-state index contributed by atoms with van der Waals surface area (Å²) in [6, 6.07) is 8.53. The minimum Gasteiger partial charge on any atom is -0.330 e. The van der Waals surface area contributed by atoms with Crippen LogP contribution in [-0.2, 0) is 12.8 Å². The smallest absolute Gasteiger partial charge is 0.133 e. The summed E-state index contributed by atoms with van der Waals surface area (Å²) in [7, 11) is 0. The van der Waals surface area contributed by atoms with Crippen molar-refractivity contribution in [3.63, 3.8) is 0 Å². The standard InChI is InChI=1S/C16H21N3/c1-11-4-5-14(8-12(11)2)10-16-18-13(3)9-15(19-16)6-7-17/h4-5,8-9H,6-7,10,17H2,1-3H3. The molecule has 0 fully saturated rings. The van der Waals surface area contributed by atoms with Gasteiger partial charge in [0, 0.05) is 24.2 Å². The van der Waals surface area contributed by atoms with E-state index in [4.69, 9.17) is 5.73 Å². The number of nitrogens with zero attached hydrogens (tertiary/aromatic N) is 2. The molecule has 2 rings (SSSR count). The van der Waals surface area contributed by atoms with Crippen molar-refractivity contribution < 1.29 is 0 Å². The Morgan fingerprint density at radius 2 is 1.79 bits per heavy atom. The predicted molar refractivity (Wildman–Crippen MR) is 78.2 cm³/mol. The van der Waals surface area contributed by atoms with E-state index in [1.165, 1.54) is 16.7 Å². The van der Waals surface area contributed by atoms with E-state index in [0.717, 1.165) is 30.1 Å². The molecule has 1 aromatic heterocycles. The molecular weight excluding hydrogens is 234 g/mol. The topological polar surface area (TPSA) is 51.8 Å². The lowest BCUT2D eigenvalue weighted by molar-refractivity contribution is 0.853. The Balaban J connectivity index is 2.24. The number of aryl methyl sites for hydroxylation is 3. The lowest BCUT2D eigenvalue weighted by Crippen LogP contribution is -2.08. The van der Waals surface area contributed by atoms with Gasteiger partial charge in [0.25, 0.3) is 0 Å². The van der Waals surface area contributed by atoms with Gasteiger partial charge in [0.2, 0.25) is 0 Å². The fraction of sp³-hybridized carbons (Fsp3) is 0.375. The van der Waals surface area contributed by atoms with Crippen molar-refractivity contribution in [3.8, 4) is 0 Å². The van der Waals surface area contributed by atoms with Crippen molar-refractivity contribution >= 4 is 0 Å². The van der Waals surface area contributed by atoms with Gasteiger partial charge >= 0.3 is 0 Å². The summed E-state index contributed by atoms with van der Waals surface area (Å²) in [5.41, 5.74) is 11.5. The van der Waals surface area contributed by atoms with Gasteiger partial charge in [-0.3, -0.25) is 0 Å². The molecule has 0 aliphatic heterocycles. The largest absolute Gasteiger partial charge is 0.330 e. The molecule has 1 aromatic carbocycles. The predicted octanol–water partition coefficient (Wildman–Crippen LogP) is 2.49. The summed E-state index contributed by atoms with van der Waals surface area (Å²) in [4.78, 5) is 9.09. The Bertz CT molecular complexity index is 576. The Morgan fingerprint density at radius 3 is 2.47 bits per heavy atom. The molecule has 0 bridgehead atoms. The Hall–Kier alpha value is -1.74. The lowest BCUT2D eigenvalue weighted by Gasteiger charge is -2.07. The summed E-state index contributed by atoms with van der Waals surface area (Å²) in [6.45, 7) is 6.89. The lowest BCUT2D eigenvalue weighted by atomic mass is 10.0. The molecule has 3 nitrogen and oxygen atoms in total. The molecular formula is C16H21N3. The molecule has 1 heterocycles. The van der Waals surface area contributed by atoms with Crippen LogP contribution in [0.1, 0.15) is 33.9 Å². The summed E-state index contributed by atoms with van der Waals surface area (Å²) < 4.78 is 0. The fourth-order valence-corrected chi connectivity index (χ4v) is 2.15. The highest BCUT2D eigenvalue weighted by molar-refractivity contribution is 5.31. The third kappa shape index (κ3) is 3.61. The number of rotatable bonds is 4. The van der Waals surface area contributed by atoms with E-state index in [0.29, 0.717) is 6.54 Å². The molecule has 0 atom stereocenters. The van der Waals surface area contributed by atoms with Crippen molar-refractivity contribution in [2.75, 3.05) is 6.54 Å². The van der Waals surface area contributed by atoms with E-state index < -0.39 is 0 Å². The molecule has 0 amide bonds. The highest BCUT2D eigenvalue weighted by Gasteiger charge is 2.04. The maximum atomic E-state index is 5.59. The van der Waals surface area contributed by atoms with Crippen LogP contribution in [0.2, 0.25) is 0 Å². The van der Waals surface area contributed by atoms with Gasteiger partial charge in [0.1, 0.15) is 5.82 Å². The second kappa shape index (κ2) is 5.93. The van der Waals surface area contributed by atoms with E-state index in [1.54, 1.807) is 0 Å². The molecule has 0 unspecified atom stereocenters. The second-order valence-corrected chi connectivity index (χ2v) is 5.05. The SMILES string of the molecule is Cc1cc(CCN)nc(Cc2ccc(C)c(C)c2)n1. The normalized spacial score (nSPS) is 10.7. The van der Waals surface area contributed by atoms with Crippen LogP contribution < -0.4 is 5.73 Å². The van der Waals surface area contributed by atoms with Crippen LogP contribution >= 0.6 is 0 Å². The van der Waals surface area contributed by atoms with Crippen LogP contribution in [0.5, 0.6) is 0 Å². The number of hydrogen-bond acceptors (Lipinski definition) is 3. The minimum atomic E-state index is 0.625. The number of nitrogens with two attached hydrogens (primary N) is 1. The molecule has 0 aliphatic carbocycles. The summed E-state index contributed by atoms with van der Waals surface area (Å²) in [6.07, 6.45) is 1.59. The van der Waals surface area contributed by atoms with Crippen LogP contribution in [-0.4, -0.2) is 16.5 Å². The van der Waals surface area contributed by atoms with Gasteiger partial charge in [-0.25, -0.2) is 9.97 Å². The van der Waals surface area contributed by atoms with E-state index in [1.807, 2.05) is 13.0 Å². The maximum absolute atomic E-state index is 5.59. The fourth-order valence-electron chi connectivity index (χ4n) is 2.15. The highest BCUT2D eigenvalue weighted by atomic mass is 14.9. The Morgan fingerprint density at radius 1 is 1.00 bits per heavy atom. The van der Waals surface area contributed by atoms with Crippen molar-refractivity contribution in [2.45, 2.75) is 33.6 Å². The van der Waals surface area contributed by atoms with Crippen LogP contribution in [0.3, 0.4) is 0 Å². The summed E-state index contributed by atoms with van der Waals surface area (Å²) in [5, 5.41) is 0. The van der Waals surface area contributed by atoms with Crippen molar-refractivity contribution in [3.05, 3.63) is 58.2 Å². The first-order valence-electron chi connectivity index (χ1n) is 6.68. The molecule has 0 saturated carbocycles. The van der Waals surface area contributed by atoms with Crippen molar-refractivity contribution in [2.24, 2.45) is 5.73 Å². The van der Waals surface area contributed by atoms with Gasteiger partial charge in [-0.1, -0.05) is 18.2 Å². The quantitative estimate of drug-likeness (QED) is 0.913. The first-order valence-corrected chi connectivity index (χ1v) is 6.68. The summed E-state index contributed by atoms with van der Waals surface area (Å²) in [5.74, 6) is 0.881. The summed E-state index contributed by atoms with van der Waals surface area (Å²) >= 11 is 0. The van der Waals surface area contributed by atoms with Gasteiger partial charge in [-0.2, -0.15) is 0 Å². The van der Waals surface area contributed by atoms with Crippen molar-refractivity contribution in [1.82, 2.24) is 9.97 Å². The third-order valence-electron chi connectivity index (χ3n) is 3.29. The molecule has 0 saturated heterocycles. The monoisotopic (exact) mass is 255 g/mol. The van der Waals surface area contributed by atoms with Crippen LogP contribution in [0.4, 0.5) is 0 Å². The zero-order valence-electron chi connectivity index (χ0n) is 11.9. The van der Waals surface area contributed by atoms with Gasteiger partial charge < -0.3 is 5.73 Å². The van der Waals surface area contributed by atoms with Gasteiger partial charge in [-0.15, -0.1) is 0 Å². The van der Waals surface area contributed by atoms with E-state index >= 15 is 0 Å². The molecule has 100 valence electrons. The highest BCUT2D eigenvalue weighted by Crippen LogP contribution is 2.13. The third-order valence-corrected chi connectivity index (χ3v) is 3.29.